The number of amides is 1. The maximum absolute atomic E-state index is 11.2. The van der Waals surface area contributed by atoms with Gasteiger partial charge >= 0.3 is 5.69 Å². The second-order valence-electron chi connectivity index (χ2n) is 4.52. The van der Waals surface area contributed by atoms with E-state index in [9.17, 15) is 14.9 Å². The smallest absolute Gasteiger partial charge is 0.311 e. The molecule has 1 aliphatic rings. The zero-order chi connectivity index (χ0) is 14.0. The molecule has 0 saturated carbocycles. The number of nitrogens with zero attached hydrogens (tertiary/aromatic N) is 3. The van der Waals surface area contributed by atoms with Crippen LogP contribution in [0.25, 0.3) is 0 Å². The van der Waals surface area contributed by atoms with E-state index in [1.54, 1.807) is 4.90 Å². The fourth-order valence-corrected chi connectivity index (χ4v) is 2.23. The lowest BCUT2D eigenvalue weighted by Gasteiger charge is -2.31. The van der Waals surface area contributed by atoms with E-state index in [1.807, 2.05) is 0 Å². The Labute approximate surface area is 109 Å². The molecule has 1 fully saturated rings. The number of nitro groups is 1. The SMILES string of the molecule is NC(=O)C1CCCN(c2nc(N)ccc2[N+](=O)[O-])C1. The Bertz CT molecular complexity index is 519. The van der Waals surface area contributed by atoms with Gasteiger partial charge in [0.25, 0.3) is 0 Å². The highest BCUT2D eigenvalue weighted by molar-refractivity contribution is 5.78. The molecule has 8 nitrogen and oxygen atoms in total. The molecule has 1 saturated heterocycles. The highest BCUT2D eigenvalue weighted by Crippen LogP contribution is 2.30. The predicted molar refractivity (Wildman–Crippen MR) is 69.4 cm³/mol. The van der Waals surface area contributed by atoms with Gasteiger partial charge in [-0.3, -0.25) is 14.9 Å². The molecule has 1 aromatic rings. The summed E-state index contributed by atoms with van der Waals surface area (Å²) in [6.45, 7) is 0.938. The van der Waals surface area contributed by atoms with Crippen LogP contribution in [0.15, 0.2) is 12.1 Å². The number of hydrogen-bond acceptors (Lipinski definition) is 6. The van der Waals surface area contributed by atoms with Crippen LogP contribution in [0.5, 0.6) is 0 Å². The number of hydrogen-bond donors (Lipinski definition) is 2. The number of aromatic nitrogens is 1. The van der Waals surface area contributed by atoms with Crippen LogP contribution in [0.1, 0.15) is 12.8 Å². The van der Waals surface area contributed by atoms with E-state index in [4.69, 9.17) is 11.5 Å². The second kappa shape index (κ2) is 5.09. The van der Waals surface area contributed by atoms with Gasteiger partial charge in [0, 0.05) is 19.2 Å². The standard InChI is InChI=1S/C11H15N5O3/c12-9-4-3-8(16(18)19)11(14-9)15-5-1-2-7(6-15)10(13)17/h3-4,7H,1-2,5-6H2,(H2,12,14)(H2,13,17). The fourth-order valence-electron chi connectivity index (χ4n) is 2.23. The van der Waals surface area contributed by atoms with Crippen LogP contribution in [0, 0.1) is 16.0 Å². The molecule has 1 atom stereocenters. The molecule has 1 aliphatic heterocycles. The Hall–Kier alpha value is -2.38. The van der Waals surface area contributed by atoms with Gasteiger partial charge in [-0.2, -0.15) is 0 Å². The van der Waals surface area contributed by atoms with Crippen LogP contribution < -0.4 is 16.4 Å². The molecule has 8 heteroatoms. The van der Waals surface area contributed by atoms with Crippen LogP contribution in [0.3, 0.4) is 0 Å². The second-order valence-corrected chi connectivity index (χ2v) is 4.52. The Morgan fingerprint density at radius 3 is 2.89 bits per heavy atom. The molecule has 19 heavy (non-hydrogen) atoms. The third-order valence-corrected chi connectivity index (χ3v) is 3.20. The largest absolute Gasteiger partial charge is 0.384 e. The van der Waals surface area contributed by atoms with E-state index in [2.05, 4.69) is 4.98 Å². The summed E-state index contributed by atoms with van der Waals surface area (Å²) in [7, 11) is 0. The molecule has 0 radical (unpaired) electrons. The molecular weight excluding hydrogens is 250 g/mol. The first-order chi connectivity index (χ1) is 8.99. The molecule has 0 aliphatic carbocycles. The molecule has 1 aromatic heterocycles. The number of primary amides is 1. The van der Waals surface area contributed by atoms with E-state index in [-0.39, 0.29) is 23.2 Å². The third kappa shape index (κ3) is 2.72. The minimum absolute atomic E-state index is 0.112. The Morgan fingerprint density at radius 1 is 1.53 bits per heavy atom. The minimum atomic E-state index is -0.504. The number of nitrogen functional groups attached to an aromatic ring is 1. The van der Waals surface area contributed by atoms with Crippen molar-refractivity contribution in [3.8, 4) is 0 Å². The first-order valence-corrected chi connectivity index (χ1v) is 5.94. The average molecular weight is 265 g/mol. The Morgan fingerprint density at radius 2 is 2.26 bits per heavy atom. The summed E-state index contributed by atoms with van der Waals surface area (Å²) in [6, 6.07) is 2.71. The van der Waals surface area contributed by atoms with Crippen molar-refractivity contribution in [2.75, 3.05) is 23.7 Å². The summed E-state index contributed by atoms with van der Waals surface area (Å²) in [5, 5.41) is 11.0. The molecule has 0 aromatic carbocycles. The van der Waals surface area contributed by atoms with E-state index < -0.39 is 10.8 Å². The first-order valence-electron chi connectivity index (χ1n) is 5.94. The van der Waals surface area contributed by atoms with Crippen LogP contribution in [-0.4, -0.2) is 28.9 Å². The van der Waals surface area contributed by atoms with Gasteiger partial charge in [-0.05, 0) is 18.9 Å². The zero-order valence-electron chi connectivity index (χ0n) is 10.3. The highest BCUT2D eigenvalue weighted by atomic mass is 16.6. The molecule has 0 bridgehead atoms. The maximum Gasteiger partial charge on any atom is 0.311 e. The van der Waals surface area contributed by atoms with Crippen molar-refractivity contribution in [3.63, 3.8) is 0 Å². The van der Waals surface area contributed by atoms with Crippen LogP contribution in [-0.2, 0) is 4.79 Å². The van der Waals surface area contributed by atoms with Gasteiger partial charge in [-0.15, -0.1) is 0 Å². The van der Waals surface area contributed by atoms with Gasteiger partial charge in [-0.1, -0.05) is 0 Å². The van der Waals surface area contributed by atoms with E-state index in [1.165, 1.54) is 12.1 Å². The Balaban J connectivity index is 2.32. The number of nitrogens with two attached hydrogens (primary N) is 2. The number of anilines is 2. The summed E-state index contributed by atoms with van der Waals surface area (Å²) in [6.07, 6.45) is 1.43. The summed E-state index contributed by atoms with van der Waals surface area (Å²) >= 11 is 0. The molecule has 1 unspecified atom stereocenters. The molecule has 2 heterocycles. The van der Waals surface area contributed by atoms with Gasteiger partial charge < -0.3 is 16.4 Å². The maximum atomic E-state index is 11.2. The summed E-state index contributed by atoms with van der Waals surface area (Å²) < 4.78 is 0. The minimum Gasteiger partial charge on any atom is -0.384 e. The monoisotopic (exact) mass is 265 g/mol. The Kier molecular flexibility index (Phi) is 3.50. The first kappa shape index (κ1) is 13.1. The van der Waals surface area contributed by atoms with E-state index in [0.717, 1.165) is 6.42 Å². The number of rotatable bonds is 3. The van der Waals surface area contributed by atoms with Gasteiger partial charge in [0.1, 0.15) is 5.82 Å². The lowest BCUT2D eigenvalue weighted by atomic mass is 9.97. The average Bonchev–Trinajstić information content (AvgIpc) is 2.38. The van der Waals surface area contributed by atoms with Crippen molar-refractivity contribution in [1.29, 1.82) is 0 Å². The number of pyridine rings is 1. The summed E-state index contributed by atoms with van der Waals surface area (Å²) in [5.74, 6) is -0.286. The van der Waals surface area contributed by atoms with Crippen molar-refractivity contribution in [1.82, 2.24) is 4.98 Å². The van der Waals surface area contributed by atoms with E-state index >= 15 is 0 Å². The van der Waals surface area contributed by atoms with Gasteiger partial charge in [0.05, 0.1) is 10.8 Å². The normalized spacial score (nSPS) is 19.2. The predicted octanol–water partition coefficient (Wildman–Crippen LogP) is 0.274. The summed E-state index contributed by atoms with van der Waals surface area (Å²) in [5.41, 5.74) is 10.8. The van der Waals surface area contributed by atoms with Crippen molar-refractivity contribution >= 4 is 23.2 Å². The van der Waals surface area contributed by atoms with Crippen molar-refractivity contribution in [2.24, 2.45) is 11.7 Å². The third-order valence-electron chi connectivity index (χ3n) is 3.20. The van der Waals surface area contributed by atoms with Gasteiger partial charge in [-0.25, -0.2) is 4.98 Å². The quantitative estimate of drug-likeness (QED) is 0.596. The van der Waals surface area contributed by atoms with Crippen LogP contribution in [0.2, 0.25) is 0 Å². The van der Waals surface area contributed by atoms with Crippen molar-refractivity contribution < 1.29 is 9.72 Å². The highest BCUT2D eigenvalue weighted by Gasteiger charge is 2.29. The van der Waals surface area contributed by atoms with Gasteiger partial charge in [0.2, 0.25) is 11.7 Å². The molecule has 1 amide bonds. The zero-order valence-corrected chi connectivity index (χ0v) is 10.3. The van der Waals surface area contributed by atoms with Crippen LogP contribution in [0.4, 0.5) is 17.3 Å². The number of carbonyl (C=O) groups excluding carboxylic acids is 1. The summed E-state index contributed by atoms with van der Waals surface area (Å²) in [4.78, 5) is 27.5. The van der Waals surface area contributed by atoms with Crippen LogP contribution >= 0.6 is 0 Å². The number of piperidine rings is 1. The molecule has 2 rings (SSSR count). The lowest BCUT2D eigenvalue weighted by molar-refractivity contribution is -0.384. The van der Waals surface area contributed by atoms with Gasteiger partial charge in [0.15, 0.2) is 0 Å². The number of carbonyl (C=O) groups is 1. The molecule has 102 valence electrons. The molecule has 4 N–H and O–H groups in total. The van der Waals surface area contributed by atoms with Crippen molar-refractivity contribution in [2.45, 2.75) is 12.8 Å². The topological polar surface area (TPSA) is 128 Å². The van der Waals surface area contributed by atoms with Crippen molar-refractivity contribution in [3.05, 3.63) is 22.2 Å². The molecular formula is C11H15N5O3. The molecule has 0 spiro atoms. The lowest BCUT2D eigenvalue weighted by Crippen LogP contribution is -2.41. The van der Waals surface area contributed by atoms with E-state index in [0.29, 0.717) is 19.5 Å². The fraction of sp³-hybridized carbons (Fsp3) is 0.455.